The van der Waals surface area contributed by atoms with Crippen LogP contribution in [0, 0.1) is 0 Å². The van der Waals surface area contributed by atoms with Crippen molar-refractivity contribution in [1.29, 1.82) is 0 Å². The van der Waals surface area contributed by atoms with Crippen LogP contribution in [-0.2, 0) is 0 Å². The Morgan fingerprint density at radius 1 is 1.50 bits per heavy atom. The molecule has 0 unspecified atom stereocenters. The summed E-state index contributed by atoms with van der Waals surface area (Å²) in [6, 6.07) is 4.93. The SMILES string of the molecule is CN1C=CCN1c1ccc(C(=O)O)c(Cl)c1. The molecule has 0 bridgehead atoms. The first-order valence-electron chi connectivity index (χ1n) is 4.79. The third kappa shape index (κ3) is 1.84. The molecule has 0 amide bonds. The molecule has 0 fully saturated rings. The average molecular weight is 239 g/mol. The normalized spacial score (nSPS) is 14.6. The van der Waals surface area contributed by atoms with Gasteiger partial charge >= 0.3 is 5.97 Å². The lowest BCUT2D eigenvalue weighted by Gasteiger charge is -2.27. The summed E-state index contributed by atoms with van der Waals surface area (Å²) in [7, 11) is 1.92. The minimum atomic E-state index is -1.01. The van der Waals surface area contributed by atoms with Crippen LogP contribution in [0.5, 0.6) is 0 Å². The first-order valence-corrected chi connectivity index (χ1v) is 5.17. The van der Waals surface area contributed by atoms with Gasteiger partial charge in [-0.15, -0.1) is 0 Å². The van der Waals surface area contributed by atoms with E-state index in [1.54, 1.807) is 12.1 Å². The van der Waals surface area contributed by atoms with E-state index in [0.29, 0.717) is 0 Å². The molecule has 1 aliphatic heterocycles. The molecule has 84 valence electrons. The monoisotopic (exact) mass is 238 g/mol. The number of carboxylic acid groups (broad SMARTS) is 1. The summed E-state index contributed by atoms with van der Waals surface area (Å²) in [6.45, 7) is 0.763. The highest BCUT2D eigenvalue weighted by atomic mass is 35.5. The van der Waals surface area contributed by atoms with Gasteiger partial charge in [-0.3, -0.25) is 10.0 Å². The fraction of sp³-hybridized carbons (Fsp3) is 0.182. The molecule has 1 heterocycles. The number of hydrogen-bond acceptors (Lipinski definition) is 3. The summed E-state index contributed by atoms with van der Waals surface area (Å²) in [5.41, 5.74) is 1.00. The van der Waals surface area contributed by atoms with Crippen molar-refractivity contribution in [3.05, 3.63) is 41.1 Å². The summed E-state index contributed by atoms with van der Waals surface area (Å²) in [5, 5.41) is 13.0. The van der Waals surface area contributed by atoms with E-state index in [9.17, 15) is 4.79 Å². The fourth-order valence-electron chi connectivity index (χ4n) is 1.63. The standard InChI is InChI=1S/C11H11ClN2O2/c1-13-5-2-6-14(13)8-3-4-9(11(15)16)10(12)7-8/h2-5,7H,6H2,1H3,(H,15,16). The van der Waals surface area contributed by atoms with Crippen molar-refractivity contribution in [3.8, 4) is 0 Å². The molecule has 0 radical (unpaired) electrons. The lowest BCUT2D eigenvalue weighted by atomic mass is 10.2. The Bertz CT molecular complexity index is 459. The predicted octanol–water partition coefficient (Wildman–Crippen LogP) is 2.22. The van der Waals surface area contributed by atoms with Crippen LogP contribution in [0.4, 0.5) is 5.69 Å². The third-order valence-corrected chi connectivity index (χ3v) is 2.77. The van der Waals surface area contributed by atoms with E-state index in [2.05, 4.69) is 0 Å². The smallest absolute Gasteiger partial charge is 0.337 e. The topological polar surface area (TPSA) is 43.8 Å². The molecule has 0 atom stereocenters. The van der Waals surface area contributed by atoms with Crippen molar-refractivity contribution in [2.75, 3.05) is 18.6 Å². The van der Waals surface area contributed by atoms with Gasteiger partial charge in [-0.1, -0.05) is 11.6 Å². The van der Waals surface area contributed by atoms with Crippen molar-refractivity contribution in [2.24, 2.45) is 0 Å². The molecule has 0 spiro atoms. The number of rotatable bonds is 2. The zero-order valence-corrected chi connectivity index (χ0v) is 9.48. The van der Waals surface area contributed by atoms with Gasteiger partial charge in [0.05, 0.1) is 22.8 Å². The maximum atomic E-state index is 10.8. The molecule has 1 aliphatic rings. The average Bonchev–Trinajstić information content (AvgIpc) is 2.63. The van der Waals surface area contributed by atoms with Crippen molar-refractivity contribution < 1.29 is 9.90 Å². The molecule has 4 nitrogen and oxygen atoms in total. The van der Waals surface area contributed by atoms with E-state index in [-0.39, 0.29) is 10.6 Å². The fourth-order valence-corrected chi connectivity index (χ4v) is 1.89. The molecule has 0 aliphatic carbocycles. The minimum Gasteiger partial charge on any atom is -0.478 e. The van der Waals surface area contributed by atoms with Crippen molar-refractivity contribution in [2.45, 2.75) is 0 Å². The second kappa shape index (κ2) is 4.06. The van der Waals surface area contributed by atoms with Gasteiger partial charge in [-0.2, -0.15) is 0 Å². The van der Waals surface area contributed by atoms with E-state index >= 15 is 0 Å². The van der Waals surface area contributed by atoms with Gasteiger partial charge in [0.25, 0.3) is 0 Å². The van der Waals surface area contributed by atoms with E-state index in [1.165, 1.54) is 6.07 Å². The van der Waals surface area contributed by atoms with Crippen molar-refractivity contribution in [3.63, 3.8) is 0 Å². The van der Waals surface area contributed by atoms with E-state index < -0.39 is 5.97 Å². The number of benzene rings is 1. The Morgan fingerprint density at radius 2 is 2.25 bits per heavy atom. The second-order valence-electron chi connectivity index (χ2n) is 3.51. The van der Waals surface area contributed by atoms with Crippen LogP contribution in [0.2, 0.25) is 5.02 Å². The summed E-state index contributed by atoms with van der Waals surface area (Å²) < 4.78 is 0. The molecule has 1 aromatic carbocycles. The number of carboxylic acids is 1. The van der Waals surface area contributed by atoms with E-state index in [1.807, 2.05) is 29.3 Å². The molecule has 5 heteroatoms. The van der Waals surface area contributed by atoms with Crippen LogP contribution in [0.3, 0.4) is 0 Å². The number of hydrazine groups is 1. The summed E-state index contributed by atoms with van der Waals surface area (Å²) in [6.07, 6.45) is 3.96. The first-order chi connectivity index (χ1) is 7.59. The quantitative estimate of drug-likeness (QED) is 0.858. The van der Waals surface area contributed by atoms with Gasteiger partial charge in [0.1, 0.15) is 0 Å². The maximum Gasteiger partial charge on any atom is 0.337 e. The first kappa shape index (κ1) is 10.8. The molecule has 1 aromatic rings. The van der Waals surface area contributed by atoms with Crippen molar-refractivity contribution in [1.82, 2.24) is 5.01 Å². The Kier molecular flexibility index (Phi) is 2.75. The van der Waals surface area contributed by atoms with Crippen LogP contribution in [0.25, 0.3) is 0 Å². The summed E-state index contributed by atoms with van der Waals surface area (Å²) >= 11 is 5.90. The lowest BCUT2D eigenvalue weighted by molar-refractivity contribution is 0.0697. The zero-order chi connectivity index (χ0) is 11.7. The van der Waals surface area contributed by atoms with Crippen LogP contribution >= 0.6 is 11.6 Å². The summed E-state index contributed by atoms with van der Waals surface area (Å²) in [4.78, 5) is 10.8. The third-order valence-electron chi connectivity index (χ3n) is 2.46. The highest BCUT2D eigenvalue weighted by molar-refractivity contribution is 6.33. The number of hydrogen-bond donors (Lipinski definition) is 1. The van der Waals surface area contributed by atoms with Gasteiger partial charge in [-0.05, 0) is 24.3 Å². The Labute approximate surface area is 98.3 Å². The van der Waals surface area contributed by atoms with Gasteiger partial charge in [-0.25, -0.2) is 4.79 Å². The molecule has 2 rings (SSSR count). The highest BCUT2D eigenvalue weighted by Gasteiger charge is 2.15. The number of aromatic carboxylic acids is 1. The van der Waals surface area contributed by atoms with E-state index in [4.69, 9.17) is 16.7 Å². The molecular weight excluding hydrogens is 228 g/mol. The highest BCUT2D eigenvalue weighted by Crippen LogP contribution is 2.26. The van der Waals surface area contributed by atoms with Crippen LogP contribution < -0.4 is 5.01 Å². The van der Waals surface area contributed by atoms with Crippen molar-refractivity contribution >= 4 is 23.3 Å². The minimum absolute atomic E-state index is 0.125. The van der Waals surface area contributed by atoms with Gasteiger partial charge in [0.15, 0.2) is 0 Å². The molecular formula is C11H11ClN2O2. The van der Waals surface area contributed by atoms with Gasteiger partial charge in [0, 0.05) is 13.2 Å². The predicted molar refractivity (Wildman–Crippen MR) is 62.7 cm³/mol. The van der Waals surface area contributed by atoms with Gasteiger partial charge in [0.2, 0.25) is 0 Å². The Hall–Kier alpha value is -1.68. The lowest BCUT2D eigenvalue weighted by Crippen LogP contribution is -2.31. The van der Waals surface area contributed by atoms with Gasteiger partial charge < -0.3 is 5.11 Å². The molecule has 16 heavy (non-hydrogen) atoms. The van der Waals surface area contributed by atoms with E-state index in [0.717, 1.165) is 12.2 Å². The number of halogens is 1. The summed E-state index contributed by atoms with van der Waals surface area (Å²) in [5.74, 6) is -1.01. The number of carbonyl (C=O) groups is 1. The largest absolute Gasteiger partial charge is 0.478 e. The molecule has 0 aromatic heterocycles. The number of nitrogens with zero attached hydrogens (tertiary/aromatic N) is 2. The second-order valence-corrected chi connectivity index (χ2v) is 3.92. The zero-order valence-electron chi connectivity index (χ0n) is 8.72. The Morgan fingerprint density at radius 3 is 2.75 bits per heavy atom. The number of anilines is 1. The molecule has 0 saturated carbocycles. The molecule has 0 saturated heterocycles. The van der Waals surface area contributed by atoms with Crippen LogP contribution in [0.1, 0.15) is 10.4 Å². The molecule has 1 N–H and O–H groups in total. The Balaban J connectivity index is 2.31. The van der Waals surface area contributed by atoms with Crippen LogP contribution in [0.15, 0.2) is 30.5 Å². The maximum absolute atomic E-state index is 10.8. The van der Waals surface area contributed by atoms with Crippen LogP contribution in [-0.4, -0.2) is 29.7 Å².